The van der Waals surface area contributed by atoms with E-state index in [0.29, 0.717) is 46.0 Å². The van der Waals surface area contributed by atoms with Crippen molar-refractivity contribution in [1.82, 2.24) is 14.5 Å². The number of carboxylic acid groups (broad SMARTS) is 1. The summed E-state index contributed by atoms with van der Waals surface area (Å²) in [6.45, 7) is 3.46. The molecule has 11 heteroatoms. The van der Waals surface area contributed by atoms with Crippen LogP contribution in [0.2, 0.25) is 5.02 Å². The van der Waals surface area contributed by atoms with Crippen LogP contribution in [0.4, 0.5) is 8.78 Å². The van der Waals surface area contributed by atoms with Gasteiger partial charge >= 0.3 is 5.97 Å². The maximum absolute atomic E-state index is 15.3. The Kier molecular flexibility index (Phi) is 7.74. The number of fused-ring (bicyclic) bond motifs is 2. The van der Waals surface area contributed by atoms with Gasteiger partial charge in [-0.2, -0.15) is 4.39 Å². The summed E-state index contributed by atoms with van der Waals surface area (Å²) in [6, 6.07) is 13.7. The molecule has 5 aromatic rings. The van der Waals surface area contributed by atoms with Crippen LogP contribution in [-0.4, -0.2) is 51.3 Å². The normalized spacial score (nSPS) is 17.8. The van der Waals surface area contributed by atoms with Gasteiger partial charge in [0.05, 0.1) is 40.8 Å². The third kappa shape index (κ3) is 5.53. The fourth-order valence-corrected chi connectivity index (χ4v) is 6.47. The van der Waals surface area contributed by atoms with Crippen LogP contribution >= 0.6 is 11.6 Å². The summed E-state index contributed by atoms with van der Waals surface area (Å²) in [5, 5.41) is 10.4. The first-order valence-electron chi connectivity index (χ1n) is 14.7. The summed E-state index contributed by atoms with van der Waals surface area (Å²) >= 11 is 6.19. The molecular weight excluding hydrogens is 592 g/mol. The second-order valence-electron chi connectivity index (χ2n) is 11.4. The van der Waals surface area contributed by atoms with Gasteiger partial charge in [-0.1, -0.05) is 23.7 Å². The molecule has 0 amide bonds. The van der Waals surface area contributed by atoms with Crippen molar-refractivity contribution >= 4 is 39.6 Å². The molecule has 44 heavy (non-hydrogen) atoms. The molecule has 1 N–H and O–H groups in total. The highest BCUT2D eigenvalue weighted by atomic mass is 35.5. The van der Waals surface area contributed by atoms with Crippen LogP contribution in [0, 0.1) is 11.8 Å². The molecule has 7 rings (SSSR count). The molecule has 3 aromatic carbocycles. The average Bonchev–Trinajstić information content (AvgIpc) is 3.55. The first-order valence-corrected chi connectivity index (χ1v) is 15.1. The van der Waals surface area contributed by atoms with Crippen molar-refractivity contribution < 1.29 is 32.6 Å². The molecule has 0 aliphatic carbocycles. The first-order chi connectivity index (χ1) is 21.3. The third-order valence-corrected chi connectivity index (χ3v) is 9.02. The Balaban J connectivity index is 1.07. The van der Waals surface area contributed by atoms with Gasteiger partial charge in [0.2, 0.25) is 0 Å². The van der Waals surface area contributed by atoms with Crippen LogP contribution in [0.5, 0.6) is 5.75 Å². The van der Waals surface area contributed by atoms with E-state index >= 15 is 4.39 Å². The van der Waals surface area contributed by atoms with E-state index in [-0.39, 0.29) is 30.0 Å². The molecule has 2 aromatic heterocycles. The number of piperidine rings is 1. The van der Waals surface area contributed by atoms with E-state index in [0.717, 1.165) is 55.8 Å². The van der Waals surface area contributed by atoms with Gasteiger partial charge in [0.1, 0.15) is 29.6 Å². The number of aromatic nitrogens is 2. The van der Waals surface area contributed by atoms with Crippen molar-refractivity contribution in [2.45, 2.75) is 51.0 Å². The molecule has 2 fully saturated rings. The van der Waals surface area contributed by atoms with Gasteiger partial charge in [0.15, 0.2) is 0 Å². The zero-order chi connectivity index (χ0) is 30.4. The number of carbonyl (C=O) groups is 1. The van der Waals surface area contributed by atoms with E-state index in [4.69, 9.17) is 30.5 Å². The number of carboxylic acids is 1. The minimum Gasteiger partial charge on any atom is -0.488 e. The Morgan fingerprint density at radius 1 is 1.09 bits per heavy atom. The average molecular weight is 622 g/mol. The lowest BCUT2D eigenvalue weighted by Gasteiger charge is -2.33. The SMILES string of the molecule is O=C(O)c1ccc2nc(CN3CCC(c4c(F)cccc4OCc4ccc(Cl)c5cc(F)oc45)CC3)n(C[C@@H]3CCO3)c2c1. The molecule has 0 spiro atoms. The minimum atomic E-state index is -0.976. The molecule has 4 heterocycles. The molecule has 228 valence electrons. The van der Waals surface area contributed by atoms with E-state index < -0.39 is 12.0 Å². The van der Waals surface area contributed by atoms with Gasteiger partial charge in [-0.3, -0.25) is 4.90 Å². The topological polar surface area (TPSA) is 90.0 Å². The van der Waals surface area contributed by atoms with Gasteiger partial charge in [-0.05, 0) is 74.7 Å². The molecule has 2 aliphatic rings. The van der Waals surface area contributed by atoms with Crippen molar-refractivity contribution in [3.05, 3.63) is 94.0 Å². The van der Waals surface area contributed by atoms with Crippen molar-refractivity contribution in [3.63, 3.8) is 0 Å². The zero-order valence-electron chi connectivity index (χ0n) is 23.8. The smallest absolute Gasteiger partial charge is 0.335 e. The van der Waals surface area contributed by atoms with E-state index in [2.05, 4.69) is 9.47 Å². The predicted octanol–water partition coefficient (Wildman–Crippen LogP) is 7.16. The summed E-state index contributed by atoms with van der Waals surface area (Å²) in [6.07, 6.45) is 2.49. The molecule has 1 atom stereocenters. The second kappa shape index (κ2) is 11.8. The molecule has 2 aliphatic heterocycles. The summed E-state index contributed by atoms with van der Waals surface area (Å²) < 4.78 is 48.2. The Morgan fingerprint density at radius 3 is 2.66 bits per heavy atom. The highest BCUT2D eigenvalue weighted by Crippen LogP contribution is 2.38. The van der Waals surface area contributed by atoms with Gasteiger partial charge < -0.3 is 23.6 Å². The number of hydrogen-bond donors (Lipinski definition) is 1. The first kappa shape index (κ1) is 28.8. The summed E-state index contributed by atoms with van der Waals surface area (Å²) in [4.78, 5) is 18.8. The van der Waals surface area contributed by atoms with Crippen molar-refractivity contribution in [1.29, 1.82) is 0 Å². The third-order valence-electron chi connectivity index (χ3n) is 8.69. The summed E-state index contributed by atoms with van der Waals surface area (Å²) in [5.41, 5.74) is 3.23. The molecule has 0 radical (unpaired) electrons. The Labute approximate surface area is 256 Å². The lowest BCUT2D eigenvalue weighted by atomic mass is 9.88. The van der Waals surface area contributed by atoms with E-state index in [1.807, 2.05) is 0 Å². The van der Waals surface area contributed by atoms with E-state index in [9.17, 15) is 14.3 Å². The maximum Gasteiger partial charge on any atom is 0.335 e. The van der Waals surface area contributed by atoms with Crippen LogP contribution in [-0.2, 0) is 24.4 Å². The quantitative estimate of drug-likeness (QED) is 0.187. The summed E-state index contributed by atoms with van der Waals surface area (Å²) in [5.74, 6) is -0.0297. The minimum absolute atomic E-state index is 0.0472. The lowest BCUT2D eigenvalue weighted by Crippen LogP contribution is -2.35. The van der Waals surface area contributed by atoms with Crippen molar-refractivity contribution in [2.24, 2.45) is 0 Å². The van der Waals surface area contributed by atoms with Crippen LogP contribution < -0.4 is 4.74 Å². The highest BCUT2D eigenvalue weighted by Gasteiger charge is 2.28. The number of imidazole rings is 1. The number of nitrogens with zero attached hydrogens (tertiary/aromatic N) is 3. The second-order valence-corrected chi connectivity index (χ2v) is 11.8. The van der Waals surface area contributed by atoms with Crippen molar-refractivity contribution in [2.75, 3.05) is 19.7 Å². The fourth-order valence-electron chi connectivity index (χ4n) is 6.27. The molecule has 2 saturated heterocycles. The van der Waals surface area contributed by atoms with Gasteiger partial charge in [-0.15, -0.1) is 0 Å². The highest BCUT2D eigenvalue weighted by molar-refractivity contribution is 6.35. The zero-order valence-corrected chi connectivity index (χ0v) is 24.5. The number of halogens is 3. The van der Waals surface area contributed by atoms with E-state index in [1.54, 1.807) is 42.5 Å². The number of rotatable bonds is 9. The van der Waals surface area contributed by atoms with Crippen molar-refractivity contribution in [3.8, 4) is 5.75 Å². The van der Waals surface area contributed by atoms with Gasteiger partial charge in [0, 0.05) is 29.2 Å². The summed E-state index contributed by atoms with van der Waals surface area (Å²) in [7, 11) is 0. The van der Waals surface area contributed by atoms with Crippen LogP contribution in [0.3, 0.4) is 0 Å². The molecule has 0 bridgehead atoms. The number of hydrogen-bond acceptors (Lipinski definition) is 6. The largest absolute Gasteiger partial charge is 0.488 e. The van der Waals surface area contributed by atoms with Gasteiger partial charge in [0.25, 0.3) is 6.01 Å². The molecule has 8 nitrogen and oxygen atoms in total. The maximum atomic E-state index is 15.3. The van der Waals surface area contributed by atoms with Gasteiger partial charge in [-0.25, -0.2) is 14.2 Å². The number of ether oxygens (including phenoxy) is 2. The number of furan rings is 1. The molecule has 0 unspecified atom stereocenters. The standard InChI is InChI=1S/C33H30ClF2N3O5/c34-24-6-4-21(32-23(24)15-29(36)44-32)18-43-28-3-1-2-25(35)31(28)19-8-11-38(12-9-19)17-30-37-26-7-5-20(33(40)41)14-27(26)39(30)16-22-10-13-42-22/h1-7,14-15,19,22H,8-13,16-18H2,(H,40,41)/t22-/m0/s1. The Hall–Kier alpha value is -3.99. The predicted molar refractivity (Wildman–Crippen MR) is 160 cm³/mol. The Bertz CT molecular complexity index is 1860. The molecular formula is C33H30ClF2N3O5. The van der Waals surface area contributed by atoms with Crippen LogP contribution in [0.15, 0.2) is 59.0 Å². The monoisotopic (exact) mass is 621 g/mol. The van der Waals surface area contributed by atoms with E-state index in [1.165, 1.54) is 12.1 Å². The number of aromatic carboxylic acids is 1. The van der Waals surface area contributed by atoms with Crippen LogP contribution in [0.1, 0.15) is 52.5 Å². The Morgan fingerprint density at radius 2 is 1.91 bits per heavy atom. The lowest BCUT2D eigenvalue weighted by molar-refractivity contribution is -0.0592. The molecule has 0 saturated carbocycles. The fraction of sp³-hybridized carbons (Fsp3) is 0.333. The number of likely N-dealkylation sites (tertiary alicyclic amines) is 1. The number of benzene rings is 3. The van der Waals surface area contributed by atoms with Crippen LogP contribution in [0.25, 0.3) is 22.0 Å².